The van der Waals surface area contributed by atoms with Crippen molar-refractivity contribution < 1.29 is 9.90 Å². The lowest BCUT2D eigenvalue weighted by molar-refractivity contribution is -0.00536. The number of aryl methyl sites for hydroxylation is 1. The molecule has 5 heteroatoms. The number of thioether (sulfide) groups is 1. The standard InChI is InChI=1S/C16H23NO2S2/c1-11-2-5-16(19,6-3-11)10-17-15(18)14-8-12-9-20-7-4-13(12)21-14/h8,11,19H,2-7,9-10H2,1H3,(H,17,18). The van der Waals surface area contributed by atoms with Crippen LogP contribution in [0.4, 0.5) is 0 Å². The molecule has 1 aliphatic heterocycles. The number of carbonyl (C=O) groups excluding carboxylic acids is 1. The van der Waals surface area contributed by atoms with Crippen LogP contribution in [0.1, 0.15) is 52.7 Å². The molecule has 2 aliphatic rings. The Morgan fingerprint density at radius 3 is 2.95 bits per heavy atom. The lowest BCUT2D eigenvalue weighted by Gasteiger charge is -2.34. The zero-order valence-electron chi connectivity index (χ0n) is 12.5. The van der Waals surface area contributed by atoms with Crippen LogP contribution in [0.15, 0.2) is 6.07 Å². The molecule has 0 aromatic carbocycles. The van der Waals surface area contributed by atoms with Crippen molar-refractivity contribution >= 4 is 29.0 Å². The molecule has 1 fully saturated rings. The van der Waals surface area contributed by atoms with Gasteiger partial charge >= 0.3 is 0 Å². The van der Waals surface area contributed by atoms with Crippen LogP contribution in [0.3, 0.4) is 0 Å². The molecule has 1 aliphatic carbocycles. The molecule has 1 saturated carbocycles. The number of carbonyl (C=O) groups is 1. The van der Waals surface area contributed by atoms with E-state index in [2.05, 4.69) is 12.2 Å². The first-order valence-corrected chi connectivity index (χ1v) is 9.73. The lowest BCUT2D eigenvalue weighted by Crippen LogP contribution is -2.45. The van der Waals surface area contributed by atoms with Crippen LogP contribution < -0.4 is 5.32 Å². The highest BCUT2D eigenvalue weighted by Crippen LogP contribution is 2.33. The van der Waals surface area contributed by atoms with Gasteiger partial charge in [0.15, 0.2) is 0 Å². The molecule has 2 heterocycles. The minimum absolute atomic E-state index is 0.0218. The highest BCUT2D eigenvalue weighted by atomic mass is 32.2. The second kappa shape index (κ2) is 6.31. The van der Waals surface area contributed by atoms with Gasteiger partial charge in [-0.05, 0) is 55.4 Å². The quantitative estimate of drug-likeness (QED) is 0.897. The van der Waals surface area contributed by atoms with Gasteiger partial charge in [-0.2, -0.15) is 11.8 Å². The summed E-state index contributed by atoms with van der Waals surface area (Å²) >= 11 is 3.56. The van der Waals surface area contributed by atoms with E-state index in [9.17, 15) is 9.90 Å². The molecular formula is C16H23NO2S2. The van der Waals surface area contributed by atoms with Gasteiger partial charge < -0.3 is 10.4 Å². The predicted octanol–water partition coefficient (Wildman–Crippen LogP) is 3.21. The van der Waals surface area contributed by atoms with Gasteiger partial charge in [-0.3, -0.25) is 4.79 Å². The monoisotopic (exact) mass is 325 g/mol. The number of nitrogens with one attached hydrogen (secondary N) is 1. The molecule has 2 N–H and O–H groups in total. The maximum absolute atomic E-state index is 12.3. The number of thiophene rings is 1. The summed E-state index contributed by atoms with van der Waals surface area (Å²) in [5.74, 6) is 2.86. The van der Waals surface area contributed by atoms with Gasteiger partial charge in [-0.15, -0.1) is 11.3 Å². The van der Waals surface area contributed by atoms with Gasteiger partial charge in [0.1, 0.15) is 0 Å². The van der Waals surface area contributed by atoms with Crippen molar-refractivity contribution in [1.82, 2.24) is 5.32 Å². The number of hydrogen-bond donors (Lipinski definition) is 2. The Labute approximate surface area is 134 Å². The van der Waals surface area contributed by atoms with Crippen molar-refractivity contribution in [3.8, 4) is 0 Å². The van der Waals surface area contributed by atoms with E-state index in [-0.39, 0.29) is 5.91 Å². The van der Waals surface area contributed by atoms with E-state index < -0.39 is 5.60 Å². The van der Waals surface area contributed by atoms with Crippen molar-refractivity contribution in [2.24, 2.45) is 5.92 Å². The Kier molecular flexibility index (Phi) is 4.62. The Morgan fingerprint density at radius 1 is 1.48 bits per heavy atom. The summed E-state index contributed by atoms with van der Waals surface area (Å²) in [4.78, 5) is 14.5. The third-order valence-electron chi connectivity index (χ3n) is 4.63. The molecule has 3 nitrogen and oxygen atoms in total. The summed E-state index contributed by atoms with van der Waals surface area (Å²) in [6, 6.07) is 2.04. The molecule has 0 spiro atoms. The number of amides is 1. The van der Waals surface area contributed by atoms with E-state index >= 15 is 0 Å². The number of hydrogen-bond acceptors (Lipinski definition) is 4. The fourth-order valence-electron chi connectivity index (χ4n) is 3.07. The van der Waals surface area contributed by atoms with Crippen molar-refractivity contribution in [1.29, 1.82) is 0 Å². The molecule has 0 bridgehead atoms. The van der Waals surface area contributed by atoms with Crippen molar-refractivity contribution in [3.63, 3.8) is 0 Å². The first-order valence-electron chi connectivity index (χ1n) is 7.76. The second-order valence-corrected chi connectivity index (χ2v) is 8.69. The Morgan fingerprint density at radius 2 is 2.24 bits per heavy atom. The summed E-state index contributed by atoms with van der Waals surface area (Å²) < 4.78 is 0. The van der Waals surface area contributed by atoms with Crippen LogP contribution in [0.25, 0.3) is 0 Å². The Bertz CT molecular complexity index is 495. The summed E-state index contributed by atoms with van der Waals surface area (Å²) in [5.41, 5.74) is 0.626. The van der Waals surface area contributed by atoms with E-state index in [1.165, 1.54) is 10.4 Å². The molecule has 1 aromatic rings. The summed E-state index contributed by atoms with van der Waals surface area (Å²) in [6.45, 7) is 2.61. The maximum atomic E-state index is 12.3. The third kappa shape index (κ3) is 3.63. The SMILES string of the molecule is CC1CCC(O)(CNC(=O)c2cc3c(s2)CCSC3)CC1. The van der Waals surface area contributed by atoms with Crippen molar-refractivity contribution in [2.45, 2.75) is 50.4 Å². The fourth-order valence-corrected chi connectivity index (χ4v) is 5.36. The minimum Gasteiger partial charge on any atom is -0.388 e. The van der Waals surface area contributed by atoms with E-state index in [0.717, 1.165) is 48.5 Å². The van der Waals surface area contributed by atoms with Gasteiger partial charge in [-0.25, -0.2) is 0 Å². The molecule has 0 unspecified atom stereocenters. The van der Waals surface area contributed by atoms with E-state index in [1.807, 2.05) is 17.8 Å². The molecule has 0 radical (unpaired) electrons. The smallest absolute Gasteiger partial charge is 0.261 e. The highest BCUT2D eigenvalue weighted by Gasteiger charge is 2.32. The first kappa shape index (κ1) is 15.4. The molecule has 116 valence electrons. The topological polar surface area (TPSA) is 49.3 Å². The average molecular weight is 325 g/mol. The van der Waals surface area contributed by atoms with Crippen LogP contribution in [-0.4, -0.2) is 28.9 Å². The molecule has 3 rings (SSSR count). The lowest BCUT2D eigenvalue weighted by atomic mass is 9.79. The third-order valence-corrected chi connectivity index (χ3v) is 6.88. The molecule has 1 aromatic heterocycles. The van der Waals surface area contributed by atoms with Gasteiger partial charge in [0.05, 0.1) is 10.5 Å². The van der Waals surface area contributed by atoms with Crippen LogP contribution in [0.2, 0.25) is 0 Å². The summed E-state index contributed by atoms with van der Waals surface area (Å²) in [5, 5.41) is 13.5. The van der Waals surface area contributed by atoms with Crippen molar-refractivity contribution in [2.75, 3.05) is 12.3 Å². The Balaban J connectivity index is 1.58. The zero-order valence-corrected chi connectivity index (χ0v) is 14.1. The van der Waals surface area contributed by atoms with Crippen LogP contribution in [0.5, 0.6) is 0 Å². The number of aliphatic hydroxyl groups is 1. The number of fused-ring (bicyclic) bond motifs is 1. The first-order chi connectivity index (χ1) is 10.1. The number of rotatable bonds is 3. The Hall–Kier alpha value is -0.520. The van der Waals surface area contributed by atoms with Gasteiger partial charge in [0, 0.05) is 17.2 Å². The van der Waals surface area contributed by atoms with Crippen LogP contribution in [0, 0.1) is 5.92 Å². The minimum atomic E-state index is -0.700. The normalized spacial score (nSPS) is 29.0. The van der Waals surface area contributed by atoms with Gasteiger partial charge in [-0.1, -0.05) is 6.92 Å². The van der Waals surface area contributed by atoms with Gasteiger partial charge in [0.2, 0.25) is 0 Å². The molecular weight excluding hydrogens is 302 g/mol. The largest absolute Gasteiger partial charge is 0.388 e. The molecule has 0 atom stereocenters. The van der Waals surface area contributed by atoms with Crippen molar-refractivity contribution in [3.05, 3.63) is 21.4 Å². The highest BCUT2D eigenvalue weighted by molar-refractivity contribution is 7.98. The second-order valence-electron chi connectivity index (χ2n) is 6.45. The fraction of sp³-hybridized carbons (Fsp3) is 0.688. The molecule has 0 saturated heterocycles. The predicted molar refractivity (Wildman–Crippen MR) is 89.1 cm³/mol. The van der Waals surface area contributed by atoms with E-state index in [4.69, 9.17) is 0 Å². The maximum Gasteiger partial charge on any atom is 0.261 e. The summed E-state index contributed by atoms with van der Waals surface area (Å²) in [7, 11) is 0. The average Bonchev–Trinajstić information content (AvgIpc) is 2.92. The molecule has 1 amide bonds. The van der Waals surface area contributed by atoms with E-state index in [0.29, 0.717) is 12.5 Å². The molecule has 21 heavy (non-hydrogen) atoms. The van der Waals surface area contributed by atoms with Crippen LogP contribution in [-0.2, 0) is 12.2 Å². The zero-order chi connectivity index (χ0) is 14.9. The summed E-state index contributed by atoms with van der Waals surface area (Å²) in [6.07, 6.45) is 4.78. The van der Waals surface area contributed by atoms with Gasteiger partial charge in [0.25, 0.3) is 5.91 Å². The van der Waals surface area contributed by atoms with E-state index in [1.54, 1.807) is 11.3 Å². The van der Waals surface area contributed by atoms with Crippen LogP contribution >= 0.6 is 23.1 Å².